The molecule has 0 saturated heterocycles. The van der Waals surface area contributed by atoms with Gasteiger partial charge in [0.05, 0.1) is 17.4 Å². The van der Waals surface area contributed by atoms with Gasteiger partial charge in [-0.05, 0) is 24.0 Å². The Morgan fingerprint density at radius 1 is 1.35 bits per heavy atom. The van der Waals surface area contributed by atoms with Gasteiger partial charge >= 0.3 is 0 Å². The molecular weight excluding hydrogens is 250 g/mol. The van der Waals surface area contributed by atoms with Crippen molar-refractivity contribution in [1.29, 1.82) is 0 Å². The number of pyridine rings is 1. The van der Waals surface area contributed by atoms with Gasteiger partial charge in [-0.1, -0.05) is 32.1 Å². The maximum absolute atomic E-state index is 4.56. The van der Waals surface area contributed by atoms with Gasteiger partial charge in [0.1, 0.15) is 0 Å². The Hall–Kier alpha value is -1.75. The van der Waals surface area contributed by atoms with Crippen LogP contribution in [0.3, 0.4) is 0 Å². The Bertz CT molecular complexity index is 568. The van der Waals surface area contributed by atoms with Crippen molar-refractivity contribution in [2.45, 2.75) is 40.3 Å². The molecule has 0 spiro atoms. The zero-order valence-corrected chi connectivity index (χ0v) is 12.9. The van der Waals surface area contributed by atoms with Gasteiger partial charge < -0.3 is 5.32 Å². The van der Waals surface area contributed by atoms with Crippen LogP contribution in [-0.4, -0.2) is 20.0 Å². The second-order valence-electron chi connectivity index (χ2n) is 6.27. The fourth-order valence-corrected chi connectivity index (χ4v) is 2.30. The van der Waals surface area contributed by atoms with E-state index in [4.69, 9.17) is 0 Å². The minimum atomic E-state index is 0.0708. The van der Waals surface area contributed by atoms with Gasteiger partial charge in [0.15, 0.2) is 0 Å². The third-order valence-corrected chi connectivity index (χ3v) is 3.33. The normalized spacial score (nSPS) is 13.4. The average molecular weight is 273 g/mol. The van der Waals surface area contributed by atoms with Crippen LogP contribution < -0.4 is 5.32 Å². The number of aryl methyl sites for hydroxylation is 2. The fraction of sp³-hybridized carbons (Fsp3) is 0.533. The molecule has 0 aromatic carbocycles. The first kappa shape index (κ1) is 14.7. The number of hydrogen-bond donors (Lipinski definition) is 1. The van der Waals surface area contributed by atoms with Crippen molar-refractivity contribution in [3.8, 4) is 0 Å². The van der Waals surface area contributed by atoms with Crippen molar-refractivity contribution >= 4 is 0 Å². The Morgan fingerprint density at radius 2 is 2.10 bits per heavy atom. The summed E-state index contributed by atoms with van der Waals surface area (Å²) in [6.45, 7) is 9.44. The van der Waals surface area contributed by atoms with Gasteiger partial charge in [-0.2, -0.15) is 0 Å². The largest absolute Gasteiger partial charge is 0.302 e. The van der Waals surface area contributed by atoms with E-state index in [0.29, 0.717) is 6.54 Å². The van der Waals surface area contributed by atoms with E-state index < -0.39 is 0 Å². The zero-order chi connectivity index (χ0) is 14.8. The summed E-state index contributed by atoms with van der Waals surface area (Å²) >= 11 is 0. The summed E-state index contributed by atoms with van der Waals surface area (Å²) in [5, 5.41) is 11.6. The lowest BCUT2D eigenvalue weighted by atomic mass is 9.83. The molecule has 1 atom stereocenters. The molecule has 0 aliphatic heterocycles. The summed E-state index contributed by atoms with van der Waals surface area (Å²) in [4.78, 5) is 4.56. The van der Waals surface area contributed by atoms with Crippen LogP contribution in [0.2, 0.25) is 0 Å². The molecule has 1 N–H and O–H groups in total. The molecule has 2 rings (SSSR count). The molecule has 2 aromatic heterocycles. The van der Waals surface area contributed by atoms with Crippen LogP contribution in [0.4, 0.5) is 0 Å². The summed E-state index contributed by atoms with van der Waals surface area (Å²) in [7, 11) is 1.88. The number of rotatable bonds is 4. The van der Waals surface area contributed by atoms with Crippen molar-refractivity contribution in [2.24, 2.45) is 12.5 Å². The second kappa shape index (κ2) is 5.71. The number of nitrogens with zero attached hydrogens (tertiary/aromatic N) is 4. The lowest BCUT2D eigenvalue weighted by Gasteiger charge is -2.32. The van der Waals surface area contributed by atoms with E-state index in [1.807, 2.05) is 25.5 Å². The number of nitrogens with one attached hydrogen (secondary N) is 1. The summed E-state index contributed by atoms with van der Waals surface area (Å²) in [6.07, 6.45) is 3.78. The highest BCUT2D eigenvalue weighted by molar-refractivity contribution is 5.22. The summed E-state index contributed by atoms with van der Waals surface area (Å²) in [6, 6.07) is 4.25. The topological polar surface area (TPSA) is 55.6 Å². The Kier molecular flexibility index (Phi) is 4.18. The molecule has 0 aliphatic carbocycles. The second-order valence-corrected chi connectivity index (χ2v) is 6.27. The maximum atomic E-state index is 4.56. The van der Waals surface area contributed by atoms with Crippen LogP contribution >= 0.6 is 0 Å². The number of aromatic nitrogens is 4. The van der Waals surface area contributed by atoms with E-state index >= 15 is 0 Å². The van der Waals surface area contributed by atoms with Gasteiger partial charge in [0.25, 0.3) is 0 Å². The third kappa shape index (κ3) is 3.42. The molecule has 20 heavy (non-hydrogen) atoms. The lowest BCUT2D eigenvalue weighted by molar-refractivity contribution is 0.264. The van der Waals surface area contributed by atoms with Crippen molar-refractivity contribution in [3.05, 3.63) is 41.5 Å². The third-order valence-electron chi connectivity index (χ3n) is 3.33. The molecular formula is C15H23N5. The van der Waals surface area contributed by atoms with Gasteiger partial charge in [-0.15, -0.1) is 5.10 Å². The van der Waals surface area contributed by atoms with E-state index in [1.165, 1.54) is 5.56 Å². The Morgan fingerprint density at radius 3 is 2.65 bits per heavy atom. The molecule has 5 nitrogen and oxygen atoms in total. The van der Waals surface area contributed by atoms with Crippen LogP contribution in [0, 0.1) is 12.3 Å². The lowest BCUT2D eigenvalue weighted by Crippen LogP contribution is -2.33. The average Bonchev–Trinajstić information content (AvgIpc) is 2.76. The monoisotopic (exact) mass is 273 g/mol. The molecule has 0 saturated carbocycles. The van der Waals surface area contributed by atoms with Crippen LogP contribution in [0.25, 0.3) is 0 Å². The van der Waals surface area contributed by atoms with Crippen molar-refractivity contribution in [3.63, 3.8) is 0 Å². The zero-order valence-electron chi connectivity index (χ0n) is 12.9. The van der Waals surface area contributed by atoms with Gasteiger partial charge in [0, 0.05) is 26.0 Å². The minimum Gasteiger partial charge on any atom is -0.302 e. The van der Waals surface area contributed by atoms with E-state index in [-0.39, 0.29) is 11.5 Å². The van der Waals surface area contributed by atoms with Gasteiger partial charge in [0.2, 0.25) is 0 Å². The van der Waals surface area contributed by atoms with E-state index in [9.17, 15) is 0 Å². The predicted molar refractivity (Wildman–Crippen MR) is 79.0 cm³/mol. The first-order valence-corrected chi connectivity index (χ1v) is 6.88. The standard InChI is InChI=1S/C15H23N5/c1-11-7-6-8-16-13(11)14(15(2,3)4)17-9-12-10-20(5)19-18-12/h6-8,10,14,17H,9H2,1-5H3. The minimum absolute atomic E-state index is 0.0708. The molecule has 1 unspecified atom stereocenters. The molecule has 5 heteroatoms. The molecule has 0 radical (unpaired) electrons. The molecule has 0 fully saturated rings. The summed E-state index contributed by atoms with van der Waals surface area (Å²) in [5.41, 5.74) is 3.32. The summed E-state index contributed by atoms with van der Waals surface area (Å²) in [5.74, 6) is 0. The molecule has 108 valence electrons. The SMILES string of the molecule is Cc1cccnc1C(NCc1cn(C)nn1)C(C)(C)C. The van der Waals surface area contributed by atoms with E-state index in [0.717, 1.165) is 11.4 Å². The number of hydrogen-bond acceptors (Lipinski definition) is 4. The molecule has 0 amide bonds. The van der Waals surface area contributed by atoms with Crippen LogP contribution in [-0.2, 0) is 13.6 Å². The highest BCUT2D eigenvalue weighted by atomic mass is 15.4. The predicted octanol–water partition coefficient (Wildman–Crippen LogP) is 2.40. The molecule has 2 aromatic rings. The van der Waals surface area contributed by atoms with Gasteiger partial charge in [-0.3, -0.25) is 9.67 Å². The highest BCUT2D eigenvalue weighted by Crippen LogP contribution is 2.33. The highest BCUT2D eigenvalue weighted by Gasteiger charge is 2.28. The molecule has 2 heterocycles. The maximum Gasteiger partial charge on any atom is 0.0964 e. The molecule has 0 bridgehead atoms. The van der Waals surface area contributed by atoms with Crippen LogP contribution in [0.1, 0.15) is 43.8 Å². The van der Waals surface area contributed by atoms with Crippen molar-refractivity contribution in [2.75, 3.05) is 0 Å². The van der Waals surface area contributed by atoms with Crippen LogP contribution in [0.5, 0.6) is 0 Å². The first-order chi connectivity index (χ1) is 9.38. The fourth-order valence-electron chi connectivity index (χ4n) is 2.30. The Labute approximate surface area is 120 Å². The Balaban J connectivity index is 2.19. The smallest absolute Gasteiger partial charge is 0.0964 e. The molecule has 0 aliphatic rings. The first-order valence-electron chi connectivity index (χ1n) is 6.88. The van der Waals surface area contributed by atoms with E-state index in [1.54, 1.807) is 4.68 Å². The van der Waals surface area contributed by atoms with Crippen molar-refractivity contribution in [1.82, 2.24) is 25.3 Å². The van der Waals surface area contributed by atoms with Crippen LogP contribution in [0.15, 0.2) is 24.5 Å². The van der Waals surface area contributed by atoms with Gasteiger partial charge in [-0.25, -0.2) is 0 Å². The quantitative estimate of drug-likeness (QED) is 0.929. The van der Waals surface area contributed by atoms with E-state index in [2.05, 4.69) is 54.4 Å². The summed E-state index contributed by atoms with van der Waals surface area (Å²) < 4.78 is 1.72. The van der Waals surface area contributed by atoms with Crippen molar-refractivity contribution < 1.29 is 0 Å².